The maximum absolute atomic E-state index is 13.7. The molecular formula is C12H17FN2O2S. The van der Waals surface area contributed by atoms with Crippen LogP contribution in [0.1, 0.15) is 6.92 Å². The summed E-state index contributed by atoms with van der Waals surface area (Å²) in [6.45, 7) is 3.26. The molecule has 100 valence electrons. The molecule has 6 heteroatoms. The molecule has 4 nitrogen and oxygen atoms in total. The Balaban J connectivity index is 2.16. The van der Waals surface area contributed by atoms with Gasteiger partial charge in [-0.15, -0.1) is 0 Å². The van der Waals surface area contributed by atoms with E-state index in [1.165, 1.54) is 16.6 Å². The zero-order chi connectivity index (χ0) is 13.3. The number of piperazine rings is 1. The van der Waals surface area contributed by atoms with Crippen molar-refractivity contribution < 1.29 is 12.8 Å². The Morgan fingerprint density at radius 1 is 1.28 bits per heavy atom. The van der Waals surface area contributed by atoms with Crippen molar-refractivity contribution in [2.24, 2.45) is 0 Å². The lowest BCUT2D eigenvalue weighted by Crippen LogP contribution is -2.53. The zero-order valence-corrected chi connectivity index (χ0v) is 11.3. The van der Waals surface area contributed by atoms with E-state index in [2.05, 4.69) is 0 Å². The number of halogens is 1. The van der Waals surface area contributed by atoms with Crippen molar-refractivity contribution in [3.8, 4) is 0 Å². The fourth-order valence-corrected chi connectivity index (χ4v) is 3.49. The Kier molecular flexibility index (Phi) is 3.59. The summed E-state index contributed by atoms with van der Waals surface area (Å²) in [5.41, 5.74) is 0.539. The molecule has 2 rings (SSSR count). The highest BCUT2D eigenvalue weighted by molar-refractivity contribution is 7.88. The van der Waals surface area contributed by atoms with Gasteiger partial charge < -0.3 is 4.90 Å². The van der Waals surface area contributed by atoms with Crippen LogP contribution in [-0.4, -0.2) is 44.7 Å². The molecule has 0 saturated carbocycles. The molecule has 1 aromatic rings. The molecule has 0 bridgehead atoms. The van der Waals surface area contributed by atoms with Gasteiger partial charge in [0, 0.05) is 25.7 Å². The van der Waals surface area contributed by atoms with Gasteiger partial charge in [0.2, 0.25) is 10.0 Å². The van der Waals surface area contributed by atoms with E-state index in [1.807, 2.05) is 11.8 Å². The van der Waals surface area contributed by atoms with Crippen LogP contribution in [0, 0.1) is 5.82 Å². The first-order chi connectivity index (χ1) is 8.39. The molecule has 0 N–H and O–H groups in total. The van der Waals surface area contributed by atoms with Gasteiger partial charge in [0.25, 0.3) is 0 Å². The fraction of sp³-hybridized carbons (Fsp3) is 0.500. The largest absolute Gasteiger partial charge is 0.366 e. The van der Waals surface area contributed by atoms with Crippen molar-refractivity contribution in [1.29, 1.82) is 0 Å². The van der Waals surface area contributed by atoms with E-state index in [9.17, 15) is 12.8 Å². The van der Waals surface area contributed by atoms with E-state index in [1.54, 1.807) is 18.2 Å². The summed E-state index contributed by atoms with van der Waals surface area (Å²) >= 11 is 0. The number of rotatable bonds is 2. The number of nitrogens with zero attached hydrogens (tertiary/aromatic N) is 2. The van der Waals surface area contributed by atoms with E-state index < -0.39 is 10.0 Å². The minimum absolute atomic E-state index is 0.145. The average molecular weight is 272 g/mol. The van der Waals surface area contributed by atoms with E-state index in [4.69, 9.17) is 0 Å². The van der Waals surface area contributed by atoms with Gasteiger partial charge in [-0.1, -0.05) is 12.1 Å². The summed E-state index contributed by atoms with van der Waals surface area (Å²) in [5.74, 6) is -0.266. The third-order valence-electron chi connectivity index (χ3n) is 3.19. The summed E-state index contributed by atoms with van der Waals surface area (Å²) < 4.78 is 38.2. The molecule has 1 aliphatic heterocycles. The van der Waals surface area contributed by atoms with Gasteiger partial charge in [0.1, 0.15) is 5.82 Å². The van der Waals surface area contributed by atoms with Gasteiger partial charge in [-0.25, -0.2) is 12.8 Å². The normalized spacial score (nSPS) is 22.2. The number of sulfonamides is 1. The molecule has 0 spiro atoms. The predicted molar refractivity (Wildman–Crippen MR) is 69.6 cm³/mol. The first-order valence-corrected chi connectivity index (χ1v) is 7.70. The lowest BCUT2D eigenvalue weighted by Gasteiger charge is -2.39. The third-order valence-corrected chi connectivity index (χ3v) is 4.58. The summed E-state index contributed by atoms with van der Waals surface area (Å²) in [4.78, 5) is 1.89. The maximum Gasteiger partial charge on any atom is 0.211 e. The highest BCUT2D eigenvalue weighted by Crippen LogP contribution is 2.23. The minimum Gasteiger partial charge on any atom is -0.366 e. The monoisotopic (exact) mass is 272 g/mol. The molecule has 1 saturated heterocycles. The number of benzene rings is 1. The quantitative estimate of drug-likeness (QED) is 0.814. The second kappa shape index (κ2) is 4.85. The third kappa shape index (κ3) is 2.64. The standard InChI is InChI=1S/C12H17FN2O2S/c1-10-9-14(7-8-15(10)18(2,16)17)12-6-4-3-5-11(12)13/h3-6,10H,7-9H2,1-2H3/t10-/m1/s1. The minimum atomic E-state index is -3.18. The van der Waals surface area contributed by atoms with Crippen LogP contribution in [0.4, 0.5) is 10.1 Å². The topological polar surface area (TPSA) is 40.6 Å². The summed E-state index contributed by atoms with van der Waals surface area (Å²) in [7, 11) is -3.18. The molecule has 1 heterocycles. The van der Waals surface area contributed by atoms with Crippen LogP contribution in [0.15, 0.2) is 24.3 Å². The Hall–Kier alpha value is -1.14. The van der Waals surface area contributed by atoms with E-state index in [0.717, 1.165) is 0 Å². The van der Waals surface area contributed by atoms with Crippen molar-refractivity contribution in [2.75, 3.05) is 30.8 Å². The zero-order valence-electron chi connectivity index (χ0n) is 10.5. The fourth-order valence-electron chi connectivity index (χ4n) is 2.36. The van der Waals surface area contributed by atoms with E-state index in [0.29, 0.717) is 25.3 Å². The summed E-state index contributed by atoms with van der Waals surface area (Å²) in [6.07, 6.45) is 1.21. The molecule has 0 unspecified atom stereocenters. The smallest absolute Gasteiger partial charge is 0.211 e. The van der Waals surface area contributed by atoms with E-state index in [-0.39, 0.29) is 11.9 Å². The van der Waals surface area contributed by atoms with Crippen molar-refractivity contribution in [3.05, 3.63) is 30.1 Å². The van der Waals surface area contributed by atoms with Gasteiger partial charge in [0.15, 0.2) is 0 Å². The molecular weight excluding hydrogens is 255 g/mol. The average Bonchev–Trinajstić information content (AvgIpc) is 2.27. The van der Waals surface area contributed by atoms with Gasteiger partial charge in [0.05, 0.1) is 11.9 Å². The first kappa shape index (κ1) is 13.3. The van der Waals surface area contributed by atoms with Crippen molar-refractivity contribution >= 4 is 15.7 Å². The number of anilines is 1. The second-order valence-corrected chi connectivity index (χ2v) is 6.56. The van der Waals surface area contributed by atoms with Crippen molar-refractivity contribution in [3.63, 3.8) is 0 Å². The molecule has 0 amide bonds. The number of hydrogen-bond acceptors (Lipinski definition) is 3. The highest BCUT2D eigenvalue weighted by atomic mass is 32.2. The van der Waals surface area contributed by atoms with Crippen LogP contribution >= 0.6 is 0 Å². The molecule has 1 atom stereocenters. The van der Waals surface area contributed by atoms with Gasteiger partial charge in [-0.05, 0) is 19.1 Å². The van der Waals surface area contributed by atoms with Crippen LogP contribution in [0.5, 0.6) is 0 Å². The summed E-state index contributed by atoms with van der Waals surface area (Å²) in [5, 5.41) is 0. The SMILES string of the molecule is C[C@@H]1CN(c2ccccc2F)CCN1S(C)(=O)=O. The lowest BCUT2D eigenvalue weighted by molar-refractivity contribution is 0.308. The lowest BCUT2D eigenvalue weighted by atomic mass is 10.2. The Morgan fingerprint density at radius 2 is 1.94 bits per heavy atom. The Labute approximate surface area is 107 Å². The van der Waals surface area contributed by atoms with Gasteiger partial charge in [-0.3, -0.25) is 0 Å². The second-order valence-electron chi connectivity index (χ2n) is 4.62. The number of para-hydroxylation sites is 1. The Morgan fingerprint density at radius 3 is 2.50 bits per heavy atom. The molecule has 0 radical (unpaired) electrons. The van der Waals surface area contributed by atoms with Crippen LogP contribution in [0.25, 0.3) is 0 Å². The van der Waals surface area contributed by atoms with Gasteiger partial charge in [-0.2, -0.15) is 4.31 Å². The molecule has 0 aromatic heterocycles. The molecule has 1 aliphatic rings. The maximum atomic E-state index is 13.7. The molecule has 0 aliphatic carbocycles. The van der Waals surface area contributed by atoms with Crippen LogP contribution in [0.3, 0.4) is 0 Å². The van der Waals surface area contributed by atoms with E-state index >= 15 is 0 Å². The van der Waals surface area contributed by atoms with Crippen LogP contribution in [0.2, 0.25) is 0 Å². The molecule has 1 fully saturated rings. The molecule has 18 heavy (non-hydrogen) atoms. The predicted octanol–water partition coefficient (Wildman–Crippen LogP) is 1.30. The molecule has 1 aromatic carbocycles. The van der Waals surface area contributed by atoms with Gasteiger partial charge >= 0.3 is 0 Å². The highest BCUT2D eigenvalue weighted by Gasteiger charge is 2.30. The Bertz CT molecular complexity index is 533. The van der Waals surface area contributed by atoms with Crippen LogP contribution in [-0.2, 0) is 10.0 Å². The van der Waals surface area contributed by atoms with Crippen LogP contribution < -0.4 is 4.90 Å². The van der Waals surface area contributed by atoms with Crippen molar-refractivity contribution in [2.45, 2.75) is 13.0 Å². The number of hydrogen-bond donors (Lipinski definition) is 0. The summed E-state index contributed by atoms with van der Waals surface area (Å²) in [6, 6.07) is 6.43. The first-order valence-electron chi connectivity index (χ1n) is 5.86. The van der Waals surface area contributed by atoms with Crippen molar-refractivity contribution in [1.82, 2.24) is 4.31 Å².